The smallest absolute Gasteiger partial charge is 0.241 e. The number of nitrogens with zero attached hydrogens (tertiary/aromatic N) is 1. The molecule has 0 aliphatic rings. The van der Waals surface area contributed by atoms with Gasteiger partial charge in [0, 0.05) is 11.8 Å². The number of rotatable bonds is 4. The molecule has 0 amide bonds. The Morgan fingerprint density at radius 3 is 2.46 bits per heavy atom. The Bertz CT molecular complexity index is 1190. The Labute approximate surface area is 150 Å². The summed E-state index contributed by atoms with van der Waals surface area (Å²) in [6.07, 6.45) is 3.28. The first-order valence-electron chi connectivity index (χ1n) is 7.83. The van der Waals surface area contributed by atoms with Crippen molar-refractivity contribution in [2.45, 2.75) is 4.90 Å². The largest absolute Gasteiger partial charge is 0.456 e. The summed E-state index contributed by atoms with van der Waals surface area (Å²) in [5.74, 6) is 0.708. The van der Waals surface area contributed by atoms with E-state index in [1.54, 1.807) is 30.6 Å². The van der Waals surface area contributed by atoms with Crippen molar-refractivity contribution in [2.24, 2.45) is 5.14 Å². The Morgan fingerprint density at radius 2 is 1.73 bits per heavy atom. The lowest BCUT2D eigenvalue weighted by molar-refractivity contribution is 0.468. The molecule has 0 aliphatic carbocycles. The van der Waals surface area contributed by atoms with E-state index in [-0.39, 0.29) is 10.6 Å². The second-order valence-corrected chi connectivity index (χ2v) is 7.33. The Kier molecular flexibility index (Phi) is 3.95. The SMILES string of the molecule is NS(=O)(=O)c1cc(-c2cn[nH]c2)ccc1Oc1ccc2ccccc2c1. The van der Waals surface area contributed by atoms with Crippen LogP contribution in [0.4, 0.5) is 0 Å². The summed E-state index contributed by atoms with van der Waals surface area (Å²) in [5.41, 5.74) is 1.43. The summed E-state index contributed by atoms with van der Waals surface area (Å²) in [6.45, 7) is 0. The lowest BCUT2D eigenvalue weighted by Gasteiger charge is -2.12. The van der Waals surface area contributed by atoms with E-state index in [2.05, 4.69) is 10.2 Å². The summed E-state index contributed by atoms with van der Waals surface area (Å²) in [6, 6.07) is 18.2. The molecule has 0 saturated heterocycles. The highest BCUT2D eigenvalue weighted by molar-refractivity contribution is 7.89. The summed E-state index contributed by atoms with van der Waals surface area (Å²) in [5, 5.41) is 14.0. The Hall–Kier alpha value is -3.16. The van der Waals surface area contributed by atoms with Crippen molar-refractivity contribution in [1.29, 1.82) is 0 Å². The molecule has 1 heterocycles. The lowest BCUT2D eigenvalue weighted by Crippen LogP contribution is -2.13. The van der Waals surface area contributed by atoms with Gasteiger partial charge in [0.15, 0.2) is 0 Å². The van der Waals surface area contributed by atoms with E-state index in [9.17, 15) is 8.42 Å². The van der Waals surface area contributed by atoms with E-state index < -0.39 is 10.0 Å². The molecule has 1 aromatic heterocycles. The Balaban J connectivity index is 1.77. The van der Waals surface area contributed by atoms with Crippen molar-refractivity contribution in [3.05, 3.63) is 73.1 Å². The van der Waals surface area contributed by atoms with Gasteiger partial charge in [-0.1, -0.05) is 36.4 Å². The first-order valence-corrected chi connectivity index (χ1v) is 9.38. The van der Waals surface area contributed by atoms with Crippen LogP contribution in [-0.4, -0.2) is 18.6 Å². The predicted octanol–water partition coefficient (Wildman–Crippen LogP) is 3.67. The highest BCUT2D eigenvalue weighted by atomic mass is 32.2. The van der Waals surface area contributed by atoms with Crippen LogP contribution in [-0.2, 0) is 10.0 Å². The maximum atomic E-state index is 12.1. The van der Waals surface area contributed by atoms with E-state index >= 15 is 0 Å². The number of nitrogens with one attached hydrogen (secondary N) is 1. The zero-order valence-corrected chi connectivity index (χ0v) is 14.4. The van der Waals surface area contributed by atoms with Crippen LogP contribution in [0.3, 0.4) is 0 Å². The Morgan fingerprint density at radius 1 is 0.923 bits per heavy atom. The van der Waals surface area contributed by atoms with Crippen molar-refractivity contribution in [2.75, 3.05) is 0 Å². The van der Waals surface area contributed by atoms with E-state index in [1.807, 2.05) is 36.4 Å². The number of primary sulfonamides is 1. The number of benzene rings is 3. The molecule has 0 bridgehead atoms. The number of aromatic amines is 1. The summed E-state index contributed by atoms with van der Waals surface area (Å²) in [4.78, 5) is -0.0793. The van der Waals surface area contributed by atoms with Crippen LogP contribution in [0.2, 0.25) is 0 Å². The van der Waals surface area contributed by atoms with Crippen LogP contribution in [0.25, 0.3) is 21.9 Å². The molecule has 0 radical (unpaired) electrons. The van der Waals surface area contributed by atoms with Gasteiger partial charge >= 0.3 is 0 Å². The molecule has 4 rings (SSSR count). The van der Waals surface area contributed by atoms with Crippen LogP contribution < -0.4 is 9.88 Å². The number of fused-ring (bicyclic) bond motifs is 1. The van der Waals surface area contributed by atoms with Gasteiger partial charge in [0.25, 0.3) is 0 Å². The maximum absolute atomic E-state index is 12.1. The average Bonchev–Trinajstić information content (AvgIpc) is 3.16. The zero-order chi connectivity index (χ0) is 18.1. The molecule has 0 fully saturated rings. The monoisotopic (exact) mass is 365 g/mol. The zero-order valence-electron chi connectivity index (χ0n) is 13.6. The van der Waals surface area contributed by atoms with E-state index in [0.717, 1.165) is 16.3 Å². The third kappa shape index (κ3) is 3.17. The molecule has 7 heteroatoms. The van der Waals surface area contributed by atoms with Crippen molar-refractivity contribution in [3.8, 4) is 22.6 Å². The minimum atomic E-state index is -3.97. The maximum Gasteiger partial charge on any atom is 0.241 e. The third-order valence-corrected chi connectivity index (χ3v) is 4.96. The predicted molar refractivity (Wildman–Crippen MR) is 99.4 cm³/mol. The van der Waals surface area contributed by atoms with Crippen molar-refractivity contribution >= 4 is 20.8 Å². The number of sulfonamides is 1. The minimum absolute atomic E-state index is 0.0793. The van der Waals surface area contributed by atoms with Crippen molar-refractivity contribution in [1.82, 2.24) is 10.2 Å². The topological polar surface area (TPSA) is 98.1 Å². The molecule has 3 N–H and O–H groups in total. The third-order valence-electron chi connectivity index (χ3n) is 4.03. The highest BCUT2D eigenvalue weighted by Crippen LogP contribution is 2.33. The van der Waals surface area contributed by atoms with Crippen LogP contribution in [0.1, 0.15) is 0 Å². The fraction of sp³-hybridized carbons (Fsp3) is 0. The van der Waals surface area contributed by atoms with Crippen molar-refractivity contribution in [3.63, 3.8) is 0 Å². The lowest BCUT2D eigenvalue weighted by atomic mass is 10.1. The molecule has 0 aliphatic heterocycles. The summed E-state index contributed by atoms with van der Waals surface area (Å²) in [7, 11) is -3.97. The average molecular weight is 365 g/mol. The van der Waals surface area contributed by atoms with Gasteiger partial charge in [0.05, 0.1) is 6.20 Å². The fourth-order valence-corrected chi connectivity index (χ4v) is 3.44. The second-order valence-electron chi connectivity index (χ2n) is 5.80. The molecule has 6 nitrogen and oxygen atoms in total. The van der Waals surface area contributed by atoms with E-state index in [1.165, 1.54) is 6.07 Å². The van der Waals surface area contributed by atoms with Crippen LogP contribution in [0, 0.1) is 0 Å². The second kappa shape index (κ2) is 6.29. The number of nitrogens with two attached hydrogens (primary N) is 1. The van der Waals surface area contributed by atoms with Crippen LogP contribution in [0.15, 0.2) is 78.0 Å². The van der Waals surface area contributed by atoms with Crippen LogP contribution >= 0.6 is 0 Å². The number of aromatic nitrogens is 2. The van der Waals surface area contributed by atoms with Gasteiger partial charge in [-0.2, -0.15) is 5.10 Å². The molecule has 0 unspecified atom stereocenters. The van der Waals surface area contributed by atoms with Gasteiger partial charge in [-0.25, -0.2) is 13.6 Å². The molecule has 0 atom stereocenters. The standard InChI is InChI=1S/C19H15N3O3S/c20-26(23,24)19-10-15(16-11-21-22-12-16)6-8-18(19)25-17-7-5-13-3-1-2-4-14(13)9-17/h1-12H,(H,21,22)(H2,20,23,24). The van der Waals surface area contributed by atoms with Crippen molar-refractivity contribution < 1.29 is 13.2 Å². The molecule has 130 valence electrons. The van der Waals surface area contributed by atoms with Gasteiger partial charge in [0.1, 0.15) is 16.4 Å². The molecule has 0 spiro atoms. The van der Waals surface area contributed by atoms with Gasteiger partial charge < -0.3 is 4.74 Å². The number of ether oxygens (including phenoxy) is 1. The first-order chi connectivity index (χ1) is 12.5. The summed E-state index contributed by atoms with van der Waals surface area (Å²) < 4.78 is 29.9. The highest BCUT2D eigenvalue weighted by Gasteiger charge is 2.18. The van der Waals surface area contributed by atoms with Gasteiger partial charge in [-0.3, -0.25) is 5.10 Å². The molecular weight excluding hydrogens is 350 g/mol. The quantitative estimate of drug-likeness (QED) is 0.576. The minimum Gasteiger partial charge on any atom is -0.456 e. The molecule has 0 saturated carbocycles. The molecule has 3 aromatic carbocycles. The molecule has 26 heavy (non-hydrogen) atoms. The van der Waals surface area contributed by atoms with Gasteiger partial charge in [-0.15, -0.1) is 0 Å². The molecular formula is C19H15N3O3S. The number of hydrogen-bond acceptors (Lipinski definition) is 4. The van der Waals surface area contributed by atoms with E-state index in [0.29, 0.717) is 11.3 Å². The number of H-pyrrole nitrogens is 1. The summed E-state index contributed by atoms with van der Waals surface area (Å²) >= 11 is 0. The van der Waals surface area contributed by atoms with Gasteiger partial charge in [0.2, 0.25) is 10.0 Å². The fourth-order valence-electron chi connectivity index (χ4n) is 2.76. The normalized spacial score (nSPS) is 11.6. The van der Waals surface area contributed by atoms with Gasteiger partial charge in [-0.05, 0) is 40.6 Å². The van der Waals surface area contributed by atoms with E-state index in [4.69, 9.17) is 9.88 Å². The first kappa shape index (κ1) is 16.3. The number of hydrogen-bond donors (Lipinski definition) is 2. The van der Waals surface area contributed by atoms with Crippen LogP contribution in [0.5, 0.6) is 11.5 Å². The molecule has 4 aromatic rings.